The Morgan fingerprint density at radius 1 is 1.35 bits per heavy atom. The van der Waals surface area contributed by atoms with Crippen LogP contribution in [0.3, 0.4) is 0 Å². The normalized spacial score (nSPS) is 23.6. The molecule has 0 aromatic rings. The molecule has 1 heterocycles. The Hall–Kier alpha value is -0.710. The van der Waals surface area contributed by atoms with Crippen molar-refractivity contribution in [1.29, 1.82) is 0 Å². The number of hydrogen-bond donors (Lipinski definition) is 1. The predicted molar refractivity (Wildman–Crippen MR) is 76.8 cm³/mol. The van der Waals surface area contributed by atoms with E-state index in [2.05, 4.69) is 12.2 Å². The molecule has 1 N–H and O–H groups in total. The summed E-state index contributed by atoms with van der Waals surface area (Å²) in [6, 6.07) is 0.00501. The smallest absolute Gasteiger partial charge is 0.250 e. The summed E-state index contributed by atoms with van der Waals surface area (Å²) in [7, 11) is 0. The molecule has 2 unspecified atom stereocenters. The molecule has 1 fully saturated rings. The lowest BCUT2D eigenvalue weighted by molar-refractivity contribution is -0.134. The van der Waals surface area contributed by atoms with Crippen molar-refractivity contribution in [3.8, 4) is 0 Å². The standard InChI is InChI=1S/C15H28F2N2O/c1-4-5-12-7-13(18-8-14(16)17)10-19(9-12)15(20)6-11(2)3/h11-14,18H,4-10H2,1-3H3. The summed E-state index contributed by atoms with van der Waals surface area (Å²) in [5, 5.41) is 2.90. The molecule has 0 saturated carbocycles. The number of alkyl halides is 2. The first-order chi connectivity index (χ1) is 9.42. The van der Waals surface area contributed by atoms with Crippen LogP contribution >= 0.6 is 0 Å². The first-order valence-electron chi connectivity index (χ1n) is 7.71. The van der Waals surface area contributed by atoms with E-state index in [0.29, 0.717) is 24.8 Å². The zero-order chi connectivity index (χ0) is 15.1. The monoisotopic (exact) mass is 290 g/mol. The minimum absolute atomic E-state index is 0.00501. The Labute approximate surface area is 121 Å². The number of nitrogens with zero attached hydrogens (tertiary/aromatic N) is 1. The number of hydrogen-bond acceptors (Lipinski definition) is 2. The van der Waals surface area contributed by atoms with Gasteiger partial charge in [0.2, 0.25) is 5.91 Å². The molecule has 0 spiro atoms. The number of amides is 1. The molecule has 118 valence electrons. The van der Waals surface area contributed by atoms with Gasteiger partial charge in [-0.2, -0.15) is 0 Å². The van der Waals surface area contributed by atoms with Crippen LogP contribution in [0.2, 0.25) is 0 Å². The van der Waals surface area contributed by atoms with Crippen LogP contribution in [-0.4, -0.2) is 42.9 Å². The molecule has 0 aromatic carbocycles. The molecule has 5 heteroatoms. The molecule has 1 amide bonds. The summed E-state index contributed by atoms with van der Waals surface area (Å²) in [5.41, 5.74) is 0. The van der Waals surface area contributed by atoms with Crippen LogP contribution in [0.5, 0.6) is 0 Å². The van der Waals surface area contributed by atoms with Gasteiger partial charge < -0.3 is 10.2 Å². The second-order valence-corrected chi connectivity index (χ2v) is 6.28. The fraction of sp³-hybridized carbons (Fsp3) is 0.933. The second-order valence-electron chi connectivity index (χ2n) is 6.28. The van der Waals surface area contributed by atoms with E-state index in [9.17, 15) is 13.6 Å². The largest absolute Gasteiger partial charge is 0.341 e. The lowest BCUT2D eigenvalue weighted by atomic mass is 9.90. The molecule has 1 rings (SSSR count). The van der Waals surface area contributed by atoms with Gasteiger partial charge in [-0.25, -0.2) is 8.78 Å². The van der Waals surface area contributed by atoms with Crippen molar-refractivity contribution < 1.29 is 13.6 Å². The Morgan fingerprint density at radius 2 is 2.05 bits per heavy atom. The van der Waals surface area contributed by atoms with Crippen molar-refractivity contribution in [2.45, 2.75) is 58.9 Å². The lowest BCUT2D eigenvalue weighted by Gasteiger charge is -2.38. The van der Waals surface area contributed by atoms with Crippen molar-refractivity contribution in [2.24, 2.45) is 11.8 Å². The predicted octanol–water partition coefficient (Wildman–Crippen LogP) is 2.90. The summed E-state index contributed by atoms with van der Waals surface area (Å²) in [4.78, 5) is 14.1. The molecule has 0 aliphatic carbocycles. The number of likely N-dealkylation sites (tertiary alicyclic amines) is 1. The average Bonchev–Trinajstić information content (AvgIpc) is 2.35. The van der Waals surface area contributed by atoms with Crippen LogP contribution in [0.15, 0.2) is 0 Å². The summed E-state index contributed by atoms with van der Waals surface area (Å²) < 4.78 is 24.6. The van der Waals surface area contributed by atoms with E-state index in [1.165, 1.54) is 0 Å². The summed E-state index contributed by atoms with van der Waals surface area (Å²) in [5.74, 6) is 0.922. The fourth-order valence-corrected chi connectivity index (χ4v) is 2.91. The van der Waals surface area contributed by atoms with Crippen LogP contribution in [0.25, 0.3) is 0 Å². The van der Waals surface area contributed by atoms with Crippen LogP contribution < -0.4 is 5.32 Å². The molecular weight excluding hydrogens is 262 g/mol. The average molecular weight is 290 g/mol. The minimum Gasteiger partial charge on any atom is -0.341 e. The second kappa shape index (κ2) is 8.55. The number of nitrogens with one attached hydrogen (secondary N) is 1. The third-order valence-electron chi connectivity index (χ3n) is 3.73. The molecule has 1 aliphatic rings. The van der Waals surface area contributed by atoms with Crippen molar-refractivity contribution in [1.82, 2.24) is 10.2 Å². The molecule has 1 aliphatic heterocycles. The zero-order valence-electron chi connectivity index (χ0n) is 12.9. The number of piperidine rings is 1. The maximum Gasteiger partial charge on any atom is 0.250 e. The molecule has 0 bridgehead atoms. The quantitative estimate of drug-likeness (QED) is 0.782. The molecule has 3 nitrogen and oxygen atoms in total. The van der Waals surface area contributed by atoms with E-state index in [0.717, 1.165) is 25.8 Å². The van der Waals surface area contributed by atoms with Gasteiger partial charge in [0, 0.05) is 25.6 Å². The molecular formula is C15H28F2N2O. The molecule has 2 atom stereocenters. The summed E-state index contributed by atoms with van der Waals surface area (Å²) >= 11 is 0. The van der Waals surface area contributed by atoms with Crippen molar-refractivity contribution in [3.05, 3.63) is 0 Å². The maximum absolute atomic E-state index is 12.3. The Morgan fingerprint density at radius 3 is 2.60 bits per heavy atom. The van der Waals surface area contributed by atoms with Gasteiger partial charge in [-0.15, -0.1) is 0 Å². The molecule has 0 aromatic heterocycles. The highest BCUT2D eigenvalue weighted by Crippen LogP contribution is 2.22. The van der Waals surface area contributed by atoms with Gasteiger partial charge >= 0.3 is 0 Å². The third kappa shape index (κ3) is 6.16. The van der Waals surface area contributed by atoms with Gasteiger partial charge in [-0.3, -0.25) is 4.79 Å². The van der Waals surface area contributed by atoms with E-state index in [-0.39, 0.29) is 18.5 Å². The highest BCUT2D eigenvalue weighted by atomic mass is 19.3. The van der Waals surface area contributed by atoms with Gasteiger partial charge in [0.25, 0.3) is 6.43 Å². The Bertz CT molecular complexity index is 298. The van der Waals surface area contributed by atoms with E-state index in [4.69, 9.17) is 0 Å². The van der Waals surface area contributed by atoms with E-state index < -0.39 is 6.43 Å². The van der Waals surface area contributed by atoms with E-state index in [1.54, 1.807) is 0 Å². The van der Waals surface area contributed by atoms with Crippen LogP contribution in [0.4, 0.5) is 8.78 Å². The van der Waals surface area contributed by atoms with Gasteiger partial charge in [0.05, 0.1) is 6.54 Å². The SMILES string of the molecule is CCCC1CC(NCC(F)F)CN(C(=O)CC(C)C)C1. The van der Waals surface area contributed by atoms with Gasteiger partial charge in [0.1, 0.15) is 0 Å². The van der Waals surface area contributed by atoms with E-state index >= 15 is 0 Å². The highest BCUT2D eigenvalue weighted by molar-refractivity contribution is 5.76. The first-order valence-corrected chi connectivity index (χ1v) is 7.71. The third-order valence-corrected chi connectivity index (χ3v) is 3.73. The minimum atomic E-state index is -2.33. The highest BCUT2D eigenvalue weighted by Gasteiger charge is 2.29. The fourth-order valence-electron chi connectivity index (χ4n) is 2.91. The lowest BCUT2D eigenvalue weighted by Crippen LogP contribution is -2.52. The van der Waals surface area contributed by atoms with Crippen molar-refractivity contribution in [3.63, 3.8) is 0 Å². The van der Waals surface area contributed by atoms with E-state index in [1.807, 2.05) is 18.7 Å². The Kier molecular flexibility index (Phi) is 7.41. The van der Waals surface area contributed by atoms with Gasteiger partial charge in [-0.1, -0.05) is 27.2 Å². The summed E-state index contributed by atoms with van der Waals surface area (Å²) in [6.07, 6.45) is 1.23. The van der Waals surface area contributed by atoms with Crippen LogP contribution in [-0.2, 0) is 4.79 Å². The topological polar surface area (TPSA) is 32.3 Å². The maximum atomic E-state index is 12.3. The van der Waals surface area contributed by atoms with Crippen molar-refractivity contribution in [2.75, 3.05) is 19.6 Å². The van der Waals surface area contributed by atoms with Crippen LogP contribution in [0.1, 0.15) is 46.5 Å². The first kappa shape index (κ1) is 17.3. The summed E-state index contributed by atoms with van der Waals surface area (Å²) in [6.45, 7) is 7.24. The van der Waals surface area contributed by atoms with Gasteiger partial charge in [0.15, 0.2) is 0 Å². The number of halogens is 2. The zero-order valence-corrected chi connectivity index (χ0v) is 12.9. The number of carbonyl (C=O) groups excluding carboxylic acids is 1. The molecule has 1 saturated heterocycles. The van der Waals surface area contributed by atoms with Crippen molar-refractivity contribution >= 4 is 5.91 Å². The van der Waals surface area contributed by atoms with Crippen LogP contribution in [0, 0.1) is 11.8 Å². The number of carbonyl (C=O) groups is 1. The molecule has 20 heavy (non-hydrogen) atoms. The number of rotatable bonds is 7. The van der Waals surface area contributed by atoms with Gasteiger partial charge in [-0.05, 0) is 24.7 Å². The molecule has 0 radical (unpaired) electrons. The Balaban J connectivity index is 2.57.